The van der Waals surface area contributed by atoms with Crippen molar-refractivity contribution in [2.24, 2.45) is 0 Å². The predicted octanol–water partition coefficient (Wildman–Crippen LogP) is 5.05. The minimum absolute atomic E-state index is 0. The zero-order chi connectivity index (χ0) is 21.3. The molecule has 164 valence electrons. The molecule has 1 atom stereocenters. The van der Waals surface area contributed by atoms with Crippen LogP contribution < -0.4 is 10.7 Å². The quantitative estimate of drug-likeness (QED) is 0.578. The van der Waals surface area contributed by atoms with E-state index in [1.54, 1.807) is 6.07 Å². The lowest BCUT2D eigenvalue weighted by molar-refractivity contribution is 0.0910. The molecule has 2 heterocycles. The molecule has 3 aromatic rings. The molecule has 0 bridgehead atoms. The monoisotopic (exact) mass is 460 g/mol. The normalized spacial score (nSPS) is 14.9. The zero-order valence-corrected chi connectivity index (χ0v) is 19.2. The first kappa shape index (κ1) is 23.3. The highest BCUT2D eigenvalue weighted by atomic mass is 35.5. The second-order valence-electron chi connectivity index (χ2n) is 7.92. The van der Waals surface area contributed by atoms with Crippen LogP contribution in [0.5, 0.6) is 0 Å². The highest BCUT2D eigenvalue weighted by Crippen LogP contribution is 2.30. The summed E-state index contributed by atoms with van der Waals surface area (Å²) in [5.41, 5.74) is 3.05. The van der Waals surface area contributed by atoms with Crippen molar-refractivity contribution in [1.82, 2.24) is 10.2 Å². The fourth-order valence-electron chi connectivity index (χ4n) is 4.29. The number of nitrogens with one attached hydrogen (secondary N) is 1. The number of amides is 1. The van der Waals surface area contributed by atoms with Crippen LogP contribution in [0, 0.1) is 13.8 Å². The third kappa shape index (κ3) is 4.95. The number of benzene rings is 2. The first-order chi connectivity index (χ1) is 14.4. The Morgan fingerprint density at radius 1 is 1.16 bits per heavy atom. The number of nitrogens with zero attached hydrogens (tertiary/aromatic N) is 1. The molecule has 1 fully saturated rings. The van der Waals surface area contributed by atoms with Gasteiger partial charge >= 0.3 is 0 Å². The van der Waals surface area contributed by atoms with Crippen LogP contribution in [-0.4, -0.2) is 30.4 Å². The van der Waals surface area contributed by atoms with Gasteiger partial charge in [-0.3, -0.25) is 14.5 Å². The summed E-state index contributed by atoms with van der Waals surface area (Å²) in [6.07, 6.45) is 2.26. The van der Waals surface area contributed by atoms with Gasteiger partial charge in [0, 0.05) is 17.6 Å². The number of carbonyl (C=O) groups is 1. The van der Waals surface area contributed by atoms with E-state index in [0.29, 0.717) is 22.5 Å². The van der Waals surface area contributed by atoms with E-state index in [1.165, 1.54) is 6.07 Å². The first-order valence-corrected chi connectivity index (χ1v) is 10.6. The molecule has 7 heteroatoms. The Morgan fingerprint density at radius 3 is 2.58 bits per heavy atom. The summed E-state index contributed by atoms with van der Waals surface area (Å²) in [6, 6.07) is 12.7. The Hall–Kier alpha value is -2.34. The van der Waals surface area contributed by atoms with E-state index in [0.717, 1.165) is 42.6 Å². The van der Waals surface area contributed by atoms with Crippen LogP contribution >= 0.6 is 24.0 Å². The van der Waals surface area contributed by atoms with E-state index in [1.807, 2.05) is 44.2 Å². The molecule has 1 unspecified atom stereocenters. The zero-order valence-electron chi connectivity index (χ0n) is 17.6. The van der Waals surface area contributed by atoms with Crippen molar-refractivity contribution in [2.75, 3.05) is 19.6 Å². The van der Waals surface area contributed by atoms with E-state index >= 15 is 0 Å². The third-order valence-electron chi connectivity index (χ3n) is 5.70. The average molecular weight is 461 g/mol. The molecule has 1 aliphatic heterocycles. The lowest BCUT2D eigenvalue weighted by Crippen LogP contribution is -2.37. The molecule has 1 aromatic heterocycles. The standard InChI is InChI=1S/C24H25ClN2O3.ClH/c1-15-11-16(2)23-20(28)13-22(30-21(23)12-15)24(29)26-14-19(27-9-5-6-10-27)17-7-3-4-8-18(17)25;/h3-4,7-8,11-13,19H,5-6,9-10,14H2,1-2H3,(H,26,29);1H. The number of rotatable bonds is 5. The summed E-state index contributed by atoms with van der Waals surface area (Å²) in [5, 5.41) is 4.15. The van der Waals surface area contributed by atoms with Gasteiger partial charge < -0.3 is 9.73 Å². The summed E-state index contributed by atoms with van der Waals surface area (Å²) < 4.78 is 5.80. The molecule has 1 amide bonds. The number of carbonyl (C=O) groups excluding carboxylic acids is 1. The second kappa shape index (κ2) is 9.86. The summed E-state index contributed by atoms with van der Waals surface area (Å²) in [7, 11) is 0. The molecular formula is C24H26Cl2N2O3. The van der Waals surface area contributed by atoms with Gasteiger partial charge in [0.1, 0.15) is 5.58 Å². The fourth-order valence-corrected chi connectivity index (χ4v) is 4.55. The van der Waals surface area contributed by atoms with Crippen molar-refractivity contribution in [3.05, 3.63) is 80.2 Å². The number of likely N-dealkylation sites (tertiary alicyclic amines) is 1. The van der Waals surface area contributed by atoms with Crippen LogP contribution in [0.2, 0.25) is 5.02 Å². The van der Waals surface area contributed by atoms with Gasteiger partial charge in [-0.1, -0.05) is 35.9 Å². The smallest absolute Gasteiger partial charge is 0.287 e. The van der Waals surface area contributed by atoms with Crippen LogP contribution in [-0.2, 0) is 0 Å². The van der Waals surface area contributed by atoms with Crippen LogP contribution in [0.3, 0.4) is 0 Å². The topological polar surface area (TPSA) is 62.6 Å². The van der Waals surface area contributed by atoms with E-state index < -0.39 is 5.91 Å². The Morgan fingerprint density at radius 2 is 1.87 bits per heavy atom. The maximum atomic E-state index is 12.9. The molecule has 31 heavy (non-hydrogen) atoms. The van der Waals surface area contributed by atoms with Gasteiger partial charge in [0.2, 0.25) is 0 Å². The highest BCUT2D eigenvalue weighted by molar-refractivity contribution is 6.31. The van der Waals surface area contributed by atoms with Gasteiger partial charge in [0.15, 0.2) is 11.2 Å². The molecule has 2 aromatic carbocycles. The molecule has 5 nitrogen and oxygen atoms in total. The summed E-state index contributed by atoms with van der Waals surface area (Å²) >= 11 is 6.45. The van der Waals surface area contributed by atoms with Crippen LogP contribution in [0.4, 0.5) is 0 Å². The summed E-state index contributed by atoms with van der Waals surface area (Å²) in [5.74, 6) is -0.374. The number of fused-ring (bicyclic) bond motifs is 1. The molecule has 1 saturated heterocycles. The second-order valence-corrected chi connectivity index (χ2v) is 8.33. The first-order valence-electron chi connectivity index (χ1n) is 10.3. The van der Waals surface area contributed by atoms with Gasteiger partial charge in [0.05, 0.1) is 11.4 Å². The van der Waals surface area contributed by atoms with Gasteiger partial charge in [-0.15, -0.1) is 12.4 Å². The van der Waals surface area contributed by atoms with E-state index in [9.17, 15) is 9.59 Å². The van der Waals surface area contributed by atoms with Crippen molar-refractivity contribution in [1.29, 1.82) is 0 Å². The van der Waals surface area contributed by atoms with Crippen LogP contribution in [0.15, 0.2) is 51.7 Å². The van der Waals surface area contributed by atoms with Crippen molar-refractivity contribution < 1.29 is 9.21 Å². The van der Waals surface area contributed by atoms with E-state index in [4.69, 9.17) is 16.0 Å². The van der Waals surface area contributed by atoms with Crippen molar-refractivity contribution in [2.45, 2.75) is 32.7 Å². The molecule has 0 radical (unpaired) electrons. The van der Waals surface area contributed by atoms with Crippen LogP contribution in [0.1, 0.15) is 46.1 Å². The van der Waals surface area contributed by atoms with E-state index in [-0.39, 0.29) is 29.6 Å². The minimum Gasteiger partial charge on any atom is -0.451 e. The number of hydrogen-bond acceptors (Lipinski definition) is 4. The lowest BCUT2D eigenvalue weighted by Gasteiger charge is -2.28. The number of aryl methyl sites for hydroxylation is 2. The lowest BCUT2D eigenvalue weighted by atomic mass is 10.1. The molecule has 1 N–H and O–H groups in total. The third-order valence-corrected chi connectivity index (χ3v) is 6.04. The SMILES string of the molecule is Cc1cc(C)c2c(=O)cc(C(=O)NCC(c3ccccc3Cl)N3CCCC3)oc2c1.Cl. The van der Waals surface area contributed by atoms with Crippen LogP contribution in [0.25, 0.3) is 11.0 Å². The summed E-state index contributed by atoms with van der Waals surface area (Å²) in [6.45, 7) is 6.13. The predicted molar refractivity (Wildman–Crippen MR) is 127 cm³/mol. The van der Waals surface area contributed by atoms with Crippen molar-refractivity contribution in [3.8, 4) is 0 Å². The highest BCUT2D eigenvalue weighted by Gasteiger charge is 2.26. The Kier molecular flexibility index (Phi) is 7.42. The molecule has 1 aliphatic rings. The van der Waals surface area contributed by atoms with E-state index in [2.05, 4.69) is 10.2 Å². The Bertz CT molecular complexity index is 1150. The fraction of sp³-hybridized carbons (Fsp3) is 0.333. The maximum absolute atomic E-state index is 12.9. The molecule has 0 aliphatic carbocycles. The molecule has 0 spiro atoms. The molecule has 4 rings (SSSR count). The summed E-state index contributed by atoms with van der Waals surface area (Å²) in [4.78, 5) is 27.8. The van der Waals surface area contributed by atoms with Crippen molar-refractivity contribution in [3.63, 3.8) is 0 Å². The van der Waals surface area contributed by atoms with Crippen molar-refractivity contribution >= 4 is 40.9 Å². The number of hydrogen-bond donors (Lipinski definition) is 1. The van der Waals surface area contributed by atoms with Gasteiger partial charge in [0.25, 0.3) is 5.91 Å². The Balaban J connectivity index is 0.00000272. The van der Waals surface area contributed by atoms with Gasteiger partial charge in [-0.05, 0) is 68.6 Å². The molecule has 0 saturated carbocycles. The van der Waals surface area contributed by atoms with Gasteiger partial charge in [-0.2, -0.15) is 0 Å². The van der Waals surface area contributed by atoms with Gasteiger partial charge in [-0.25, -0.2) is 0 Å². The minimum atomic E-state index is -0.399. The maximum Gasteiger partial charge on any atom is 0.287 e. The average Bonchev–Trinajstić information content (AvgIpc) is 3.23. The Labute approximate surface area is 192 Å². The number of halogens is 2. The largest absolute Gasteiger partial charge is 0.451 e. The molecular weight excluding hydrogens is 435 g/mol.